The summed E-state index contributed by atoms with van der Waals surface area (Å²) >= 11 is 1.20. The maximum absolute atomic E-state index is 12.4. The summed E-state index contributed by atoms with van der Waals surface area (Å²) in [5.41, 5.74) is 1.06. The number of ether oxygens (including phenoxy) is 1. The number of thiazole rings is 1. The first-order valence-corrected chi connectivity index (χ1v) is 9.04. The van der Waals surface area contributed by atoms with E-state index in [1.807, 2.05) is 0 Å². The number of amides is 1. The average Bonchev–Trinajstić information content (AvgIpc) is 3.08. The second-order valence-electron chi connectivity index (χ2n) is 5.46. The smallest absolute Gasteiger partial charge is 0.311 e. The Hall–Kier alpha value is -3.26. The number of hydrogen-bond acceptors (Lipinski definition) is 7. The van der Waals surface area contributed by atoms with Gasteiger partial charge >= 0.3 is 5.97 Å². The molecule has 1 N–H and O–H groups in total. The van der Waals surface area contributed by atoms with Gasteiger partial charge in [-0.25, -0.2) is 4.98 Å². The average molecular weight is 384 g/mol. The van der Waals surface area contributed by atoms with Crippen LogP contribution in [0, 0.1) is 0 Å². The molecule has 1 aromatic carbocycles. The molecule has 2 heterocycles. The first-order chi connectivity index (χ1) is 13.1. The largest absolute Gasteiger partial charge is 0.466 e. The van der Waals surface area contributed by atoms with Crippen LogP contribution in [-0.4, -0.2) is 23.5 Å². The molecular weight excluding hydrogens is 368 g/mol. The molecule has 0 saturated carbocycles. The molecule has 0 aliphatic carbocycles. The molecule has 7 nitrogen and oxygen atoms in total. The first-order valence-electron chi connectivity index (χ1n) is 8.16. The van der Waals surface area contributed by atoms with Crippen LogP contribution < -0.4 is 10.7 Å². The van der Waals surface area contributed by atoms with E-state index in [1.165, 1.54) is 29.8 Å². The summed E-state index contributed by atoms with van der Waals surface area (Å²) in [6.07, 6.45) is 3.98. The van der Waals surface area contributed by atoms with E-state index in [-0.39, 0.29) is 23.4 Å². The van der Waals surface area contributed by atoms with Crippen LogP contribution in [0.3, 0.4) is 0 Å². The molecule has 0 fully saturated rings. The Bertz CT molecular complexity index is 1070. The topological polar surface area (TPSA) is 98.5 Å². The predicted molar refractivity (Wildman–Crippen MR) is 103 cm³/mol. The zero-order chi connectivity index (χ0) is 19.2. The minimum Gasteiger partial charge on any atom is -0.466 e. The number of anilines is 1. The van der Waals surface area contributed by atoms with Gasteiger partial charge in [0.2, 0.25) is 5.91 Å². The molecular formula is C19H16N2O5S. The van der Waals surface area contributed by atoms with Crippen molar-refractivity contribution in [3.63, 3.8) is 0 Å². The van der Waals surface area contributed by atoms with Gasteiger partial charge in [0.25, 0.3) is 0 Å². The molecule has 0 aliphatic heterocycles. The van der Waals surface area contributed by atoms with Crippen LogP contribution in [0.5, 0.6) is 0 Å². The molecule has 0 aliphatic rings. The molecule has 0 bridgehead atoms. The van der Waals surface area contributed by atoms with Gasteiger partial charge in [-0.1, -0.05) is 12.1 Å². The maximum atomic E-state index is 12.4. The van der Waals surface area contributed by atoms with Crippen LogP contribution in [0.4, 0.5) is 5.13 Å². The quantitative estimate of drug-likeness (QED) is 0.518. The molecule has 0 atom stereocenters. The van der Waals surface area contributed by atoms with E-state index in [4.69, 9.17) is 9.15 Å². The van der Waals surface area contributed by atoms with Gasteiger partial charge in [-0.2, -0.15) is 0 Å². The number of fused-ring (bicyclic) bond motifs is 1. The highest BCUT2D eigenvalue weighted by Gasteiger charge is 2.10. The Morgan fingerprint density at radius 1 is 1.33 bits per heavy atom. The molecule has 3 aromatic rings. The number of aromatic nitrogens is 1. The van der Waals surface area contributed by atoms with E-state index in [1.54, 1.807) is 36.6 Å². The minimum absolute atomic E-state index is 0.0498. The van der Waals surface area contributed by atoms with Gasteiger partial charge in [0, 0.05) is 11.5 Å². The summed E-state index contributed by atoms with van der Waals surface area (Å²) in [7, 11) is 0. The molecule has 1 amide bonds. The summed E-state index contributed by atoms with van der Waals surface area (Å²) in [6, 6.07) is 6.89. The van der Waals surface area contributed by atoms with Crippen molar-refractivity contribution in [1.82, 2.24) is 4.98 Å². The molecule has 0 saturated heterocycles. The number of esters is 1. The zero-order valence-corrected chi connectivity index (χ0v) is 15.2. The molecule has 2 aromatic heterocycles. The van der Waals surface area contributed by atoms with Gasteiger partial charge in [0.05, 0.1) is 29.7 Å². The lowest BCUT2D eigenvalue weighted by Gasteiger charge is -1.99. The van der Waals surface area contributed by atoms with Crippen molar-refractivity contribution in [3.8, 4) is 0 Å². The lowest BCUT2D eigenvalue weighted by Crippen LogP contribution is -2.10. The van der Waals surface area contributed by atoms with E-state index in [9.17, 15) is 14.4 Å². The fourth-order valence-corrected chi connectivity index (χ4v) is 3.04. The van der Waals surface area contributed by atoms with Crippen LogP contribution in [-0.2, 0) is 20.7 Å². The summed E-state index contributed by atoms with van der Waals surface area (Å²) < 4.78 is 10.3. The predicted octanol–water partition coefficient (Wildman–Crippen LogP) is 3.01. The monoisotopic (exact) mass is 384 g/mol. The number of nitrogens with one attached hydrogen (secondary N) is 1. The Morgan fingerprint density at radius 3 is 2.96 bits per heavy atom. The molecule has 138 valence electrons. The summed E-state index contributed by atoms with van der Waals surface area (Å²) in [5.74, 6) is -0.816. The van der Waals surface area contributed by atoms with E-state index >= 15 is 0 Å². The lowest BCUT2D eigenvalue weighted by atomic mass is 10.1. The molecule has 0 radical (unpaired) electrons. The third-order valence-corrected chi connectivity index (χ3v) is 4.34. The van der Waals surface area contributed by atoms with Crippen molar-refractivity contribution in [2.45, 2.75) is 13.3 Å². The summed E-state index contributed by atoms with van der Waals surface area (Å²) in [5, 5.41) is 5.07. The van der Waals surface area contributed by atoms with Crippen molar-refractivity contribution in [3.05, 3.63) is 63.5 Å². The van der Waals surface area contributed by atoms with E-state index in [2.05, 4.69) is 10.3 Å². The number of para-hydroxylation sites is 1. The normalized spacial score (nSPS) is 11.0. The molecule has 27 heavy (non-hydrogen) atoms. The second-order valence-corrected chi connectivity index (χ2v) is 6.32. The Labute approximate surface area is 158 Å². The molecule has 3 rings (SSSR count). The van der Waals surface area contributed by atoms with Gasteiger partial charge in [-0.3, -0.25) is 19.7 Å². The fourth-order valence-electron chi connectivity index (χ4n) is 2.33. The van der Waals surface area contributed by atoms with Gasteiger partial charge in [-0.05, 0) is 25.1 Å². The highest BCUT2D eigenvalue weighted by molar-refractivity contribution is 7.14. The van der Waals surface area contributed by atoms with Gasteiger partial charge < -0.3 is 9.15 Å². The van der Waals surface area contributed by atoms with Gasteiger partial charge in [0.15, 0.2) is 10.6 Å². The summed E-state index contributed by atoms with van der Waals surface area (Å²) in [4.78, 5) is 40.0. The van der Waals surface area contributed by atoms with Crippen molar-refractivity contribution < 1.29 is 18.7 Å². The van der Waals surface area contributed by atoms with Crippen LogP contribution in [0.25, 0.3) is 17.0 Å². The third-order valence-electron chi connectivity index (χ3n) is 3.53. The number of carbonyl (C=O) groups is 2. The van der Waals surface area contributed by atoms with Crippen molar-refractivity contribution in [2.75, 3.05) is 11.9 Å². The number of nitrogens with zero attached hydrogens (tertiary/aromatic N) is 1. The second kappa shape index (κ2) is 8.41. The Balaban J connectivity index is 1.66. The fraction of sp³-hybridized carbons (Fsp3) is 0.158. The van der Waals surface area contributed by atoms with Gasteiger partial charge in [0.1, 0.15) is 11.8 Å². The van der Waals surface area contributed by atoms with E-state index in [0.717, 1.165) is 0 Å². The molecule has 0 unspecified atom stereocenters. The third kappa shape index (κ3) is 4.68. The van der Waals surface area contributed by atoms with Crippen molar-refractivity contribution in [1.29, 1.82) is 0 Å². The summed E-state index contributed by atoms with van der Waals surface area (Å²) in [6.45, 7) is 2.03. The highest BCUT2D eigenvalue weighted by Crippen LogP contribution is 2.16. The van der Waals surface area contributed by atoms with Crippen molar-refractivity contribution >= 4 is 45.4 Å². The number of hydrogen-bond donors (Lipinski definition) is 1. The van der Waals surface area contributed by atoms with Crippen LogP contribution in [0.1, 0.15) is 18.2 Å². The number of benzene rings is 1. The van der Waals surface area contributed by atoms with Crippen LogP contribution in [0.2, 0.25) is 0 Å². The zero-order valence-electron chi connectivity index (χ0n) is 14.4. The standard InChI is InChI=1S/C19H16N2O5S/c1-2-25-17(23)9-13-11-27-19(20-13)21-16(22)8-7-12-10-26-15-6-4-3-5-14(15)18(12)24/h3-8,10-11H,2,9H2,1H3,(H,20,21,22)/b8-7+. The minimum atomic E-state index is -0.445. The van der Waals surface area contributed by atoms with Crippen LogP contribution >= 0.6 is 11.3 Å². The van der Waals surface area contributed by atoms with E-state index in [0.29, 0.717) is 28.4 Å². The molecule has 0 spiro atoms. The van der Waals surface area contributed by atoms with Crippen LogP contribution in [0.15, 0.2) is 51.2 Å². The number of rotatable bonds is 6. The Morgan fingerprint density at radius 2 is 2.15 bits per heavy atom. The maximum Gasteiger partial charge on any atom is 0.311 e. The van der Waals surface area contributed by atoms with Gasteiger partial charge in [-0.15, -0.1) is 11.3 Å². The van der Waals surface area contributed by atoms with Crippen molar-refractivity contribution in [2.24, 2.45) is 0 Å². The first kappa shape index (κ1) is 18.5. The molecule has 8 heteroatoms. The highest BCUT2D eigenvalue weighted by atomic mass is 32.1. The lowest BCUT2D eigenvalue weighted by molar-refractivity contribution is -0.142. The Kier molecular flexibility index (Phi) is 5.77. The number of carbonyl (C=O) groups excluding carboxylic acids is 2. The SMILES string of the molecule is CCOC(=O)Cc1csc(NC(=O)/C=C/c2coc3ccccc3c2=O)n1. The van der Waals surface area contributed by atoms with E-state index < -0.39 is 5.91 Å².